The summed E-state index contributed by atoms with van der Waals surface area (Å²) >= 11 is 0. The summed E-state index contributed by atoms with van der Waals surface area (Å²) in [4.78, 5) is 62.6. The Morgan fingerprint density at radius 3 is 2.25 bits per heavy atom. The van der Waals surface area contributed by atoms with E-state index >= 15 is 0 Å². The maximum atomic E-state index is 14.3. The van der Waals surface area contributed by atoms with Crippen molar-refractivity contribution in [3.05, 3.63) is 96.7 Å². The number of piperazine rings is 1. The molecule has 2 N–H and O–H groups in total. The van der Waals surface area contributed by atoms with E-state index in [-0.39, 0.29) is 18.9 Å². The predicted molar refractivity (Wildman–Crippen MR) is 167 cm³/mol. The molecule has 44 heavy (non-hydrogen) atoms. The number of H-pyrrole nitrogens is 1. The first-order valence-corrected chi connectivity index (χ1v) is 14.7. The van der Waals surface area contributed by atoms with E-state index < -0.39 is 41.8 Å². The molecule has 1 aromatic heterocycles. The molecule has 6 rings (SSSR count). The van der Waals surface area contributed by atoms with Gasteiger partial charge in [0.05, 0.1) is 24.2 Å². The van der Waals surface area contributed by atoms with Gasteiger partial charge >= 0.3 is 12.1 Å². The number of aromatic nitrogens is 1. The summed E-state index contributed by atoms with van der Waals surface area (Å²) in [6.07, 6.45) is 1.40. The molecule has 5 amide bonds. The van der Waals surface area contributed by atoms with Gasteiger partial charge in [-0.3, -0.25) is 9.59 Å². The van der Waals surface area contributed by atoms with Gasteiger partial charge in [0.25, 0.3) is 0 Å². The van der Waals surface area contributed by atoms with Crippen molar-refractivity contribution < 1.29 is 23.9 Å². The Bertz CT molecular complexity index is 1700. The summed E-state index contributed by atoms with van der Waals surface area (Å²) in [7, 11) is 0. The van der Waals surface area contributed by atoms with Gasteiger partial charge in [0, 0.05) is 29.3 Å². The third-order valence-electron chi connectivity index (χ3n) is 8.01. The highest BCUT2D eigenvalue weighted by Crippen LogP contribution is 2.34. The fourth-order valence-corrected chi connectivity index (χ4v) is 6.11. The molecular weight excluding hydrogens is 558 g/mol. The average molecular weight is 594 g/mol. The Labute approximate surface area is 255 Å². The lowest BCUT2D eigenvalue weighted by Gasteiger charge is -2.51. The lowest BCUT2D eigenvalue weighted by Crippen LogP contribution is -2.73. The van der Waals surface area contributed by atoms with E-state index in [0.29, 0.717) is 17.8 Å². The van der Waals surface area contributed by atoms with E-state index in [9.17, 15) is 19.2 Å². The van der Waals surface area contributed by atoms with Gasteiger partial charge in [-0.2, -0.15) is 0 Å². The van der Waals surface area contributed by atoms with Crippen LogP contribution in [0.25, 0.3) is 10.9 Å². The zero-order valence-corrected chi connectivity index (χ0v) is 24.9. The Morgan fingerprint density at radius 2 is 1.57 bits per heavy atom. The average Bonchev–Trinajstić information content (AvgIpc) is 3.40. The quantitative estimate of drug-likeness (QED) is 0.317. The standard InChI is InChI=1S/C34H35N5O5/c1-34(2,3)44-32(42)36-27(18-22-20-35-26-17-11-10-16-25(22)26)29-21-37(23-12-6-4-7-13-23)31(41)28-19-30(40)38(33(43)39(28)29)24-14-8-5-9-15-24/h4-17,20,27-29,35H,18-19,21H2,1-3H3,(H,36,42)/t27-,28-,29-/m0/s1. The van der Waals surface area contributed by atoms with Crippen LogP contribution in [0.4, 0.5) is 21.0 Å². The number of hydrogen-bond acceptors (Lipinski definition) is 5. The highest BCUT2D eigenvalue weighted by atomic mass is 16.6. The number of nitrogens with one attached hydrogen (secondary N) is 2. The van der Waals surface area contributed by atoms with Crippen molar-refractivity contribution in [1.29, 1.82) is 0 Å². The van der Waals surface area contributed by atoms with Crippen molar-refractivity contribution in [3.63, 3.8) is 0 Å². The minimum Gasteiger partial charge on any atom is -0.444 e. The SMILES string of the molecule is CC(C)(C)OC(=O)N[C@@H](Cc1c[nH]c2ccccc12)[C@@H]1CN(c2ccccc2)C(=O)[C@@H]2CC(=O)N(c3ccccc3)C(=O)N21. The minimum atomic E-state index is -1.04. The van der Waals surface area contributed by atoms with E-state index in [1.807, 2.05) is 60.8 Å². The second kappa shape index (κ2) is 11.5. The summed E-state index contributed by atoms with van der Waals surface area (Å²) in [6.45, 7) is 5.45. The van der Waals surface area contributed by atoms with Crippen LogP contribution in [0.2, 0.25) is 0 Å². The zero-order valence-electron chi connectivity index (χ0n) is 24.9. The molecule has 0 unspecified atom stereocenters. The second-order valence-corrected chi connectivity index (χ2v) is 12.1. The lowest BCUT2D eigenvalue weighted by atomic mass is 9.91. The van der Waals surface area contributed by atoms with E-state index in [1.54, 1.807) is 56.0 Å². The molecule has 10 heteroatoms. The number of fused-ring (bicyclic) bond motifs is 2. The summed E-state index contributed by atoms with van der Waals surface area (Å²) in [5.74, 6) is -0.803. The van der Waals surface area contributed by atoms with Crippen LogP contribution in [-0.4, -0.2) is 64.1 Å². The maximum Gasteiger partial charge on any atom is 0.407 e. The molecule has 0 saturated carbocycles. The normalized spacial score (nSPS) is 19.6. The third-order valence-corrected chi connectivity index (χ3v) is 8.01. The fraction of sp³-hybridized carbons (Fsp3) is 0.294. The highest BCUT2D eigenvalue weighted by molar-refractivity contribution is 6.19. The first-order valence-electron chi connectivity index (χ1n) is 14.7. The van der Waals surface area contributed by atoms with Crippen LogP contribution in [0.3, 0.4) is 0 Å². The summed E-state index contributed by atoms with van der Waals surface area (Å²) in [5.41, 5.74) is 2.19. The Morgan fingerprint density at radius 1 is 0.932 bits per heavy atom. The monoisotopic (exact) mass is 593 g/mol. The number of alkyl carbamates (subject to hydrolysis) is 1. The van der Waals surface area contributed by atoms with E-state index in [0.717, 1.165) is 21.4 Å². The number of nitrogens with zero attached hydrogens (tertiary/aromatic N) is 3. The van der Waals surface area contributed by atoms with Crippen LogP contribution in [0.1, 0.15) is 32.8 Å². The molecule has 0 radical (unpaired) electrons. The first-order chi connectivity index (χ1) is 21.1. The van der Waals surface area contributed by atoms with Gasteiger partial charge in [-0.05, 0) is 63.1 Å². The topological polar surface area (TPSA) is 115 Å². The van der Waals surface area contributed by atoms with Crippen molar-refractivity contribution >= 4 is 46.2 Å². The number of aromatic amines is 1. The molecule has 3 aromatic carbocycles. The molecule has 2 aliphatic heterocycles. The van der Waals surface area contributed by atoms with E-state index in [4.69, 9.17) is 4.74 Å². The van der Waals surface area contributed by atoms with Gasteiger partial charge in [0.2, 0.25) is 11.8 Å². The molecule has 3 heterocycles. The van der Waals surface area contributed by atoms with Gasteiger partial charge in [-0.1, -0.05) is 54.6 Å². The van der Waals surface area contributed by atoms with Crippen LogP contribution in [0.5, 0.6) is 0 Å². The summed E-state index contributed by atoms with van der Waals surface area (Å²) < 4.78 is 5.66. The second-order valence-electron chi connectivity index (χ2n) is 12.1. The molecule has 2 saturated heterocycles. The van der Waals surface area contributed by atoms with Crippen LogP contribution >= 0.6 is 0 Å². The number of carbonyl (C=O) groups excluding carboxylic acids is 4. The van der Waals surface area contributed by atoms with Crippen LogP contribution in [0.15, 0.2) is 91.1 Å². The van der Waals surface area contributed by atoms with Gasteiger partial charge < -0.3 is 24.8 Å². The van der Waals surface area contributed by atoms with Crippen LogP contribution < -0.4 is 15.1 Å². The van der Waals surface area contributed by atoms with Gasteiger partial charge in [-0.15, -0.1) is 0 Å². The molecule has 0 bridgehead atoms. The number of rotatable bonds is 6. The van der Waals surface area contributed by atoms with Crippen LogP contribution in [0, 0.1) is 0 Å². The van der Waals surface area contributed by atoms with Crippen molar-refractivity contribution in [2.45, 2.75) is 57.3 Å². The van der Waals surface area contributed by atoms with Crippen molar-refractivity contribution in [3.8, 4) is 0 Å². The van der Waals surface area contributed by atoms with Crippen molar-refractivity contribution in [2.24, 2.45) is 0 Å². The van der Waals surface area contributed by atoms with E-state index in [2.05, 4.69) is 10.3 Å². The number of para-hydroxylation sites is 3. The molecule has 226 valence electrons. The molecule has 10 nitrogen and oxygen atoms in total. The smallest absolute Gasteiger partial charge is 0.407 e. The molecule has 3 atom stereocenters. The Balaban J connectivity index is 1.45. The number of imide groups is 1. The van der Waals surface area contributed by atoms with Crippen molar-refractivity contribution in [1.82, 2.24) is 15.2 Å². The number of amides is 5. The minimum absolute atomic E-state index is 0.102. The molecule has 0 spiro atoms. The molecular formula is C34H35N5O5. The number of carbonyl (C=O) groups is 4. The van der Waals surface area contributed by atoms with Gasteiger partial charge in [-0.25, -0.2) is 14.5 Å². The first kappa shape index (κ1) is 29.0. The Kier molecular flexibility index (Phi) is 7.59. The lowest BCUT2D eigenvalue weighted by molar-refractivity contribution is -0.132. The number of hydrogen-bond donors (Lipinski definition) is 2. The highest BCUT2D eigenvalue weighted by Gasteiger charge is 2.53. The molecule has 4 aromatic rings. The predicted octanol–water partition coefficient (Wildman–Crippen LogP) is 5.25. The molecule has 2 aliphatic rings. The maximum absolute atomic E-state index is 14.3. The summed E-state index contributed by atoms with van der Waals surface area (Å²) in [5, 5.41) is 4.03. The Hall–Kier alpha value is -5.12. The summed E-state index contributed by atoms with van der Waals surface area (Å²) in [6, 6.07) is 22.7. The van der Waals surface area contributed by atoms with Crippen molar-refractivity contribution in [2.75, 3.05) is 16.3 Å². The van der Waals surface area contributed by atoms with Gasteiger partial charge in [0.1, 0.15) is 11.6 Å². The van der Waals surface area contributed by atoms with E-state index in [1.165, 1.54) is 4.90 Å². The zero-order chi connectivity index (χ0) is 31.0. The number of urea groups is 1. The van der Waals surface area contributed by atoms with Crippen LogP contribution in [-0.2, 0) is 20.7 Å². The number of benzene rings is 3. The van der Waals surface area contributed by atoms with Gasteiger partial charge in [0.15, 0.2) is 0 Å². The fourth-order valence-electron chi connectivity index (χ4n) is 6.11. The molecule has 2 fully saturated rings. The number of ether oxygens (including phenoxy) is 1. The largest absolute Gasteiger partial charge is 0.444 e. The number of anilines is 2. The third kappa shape index (κ3) is 5.62. The molecule has 0 aliphatic carbocycles.